The second-order valence-electron chi connectivity index (χ2n) is 2.19. The summed E-state index contributed by atoms with van der Waals surface area (Å²) in [5, 5.41) is 0. The highest BCUT2D eigenvalue weighted by molar-refractivity contribution is 5.34. The summed E-state index contributed by atoms with van der Waals surface area (Å²) in [7, 11) is 0. The summed E-state index contributed by atoms with van der Waals surface area (Å²) in [6.07, 6.45) is 7.84. The molecule has 0 amide bonds. The van der Waals surface area contributed by atoms with Crippen LogP contribution in [0, 0.1) is 0 Å². The maximum Gasteiger partial charge on any atom is -0.0305 e. The van der Waals surface area contributed by atoms with Gasteiger partial charge >= 0.3 is 0 Å². The van der Waals surface area contributed by atoms with Crippen LogP contribution in [-0.4, -0.2) is 0 Å². The topological polar surface area (TPSA) is 0 Å². The lowest BCUT2D eigenvalue weighted by Crippen LogP contribution is -1.72. The molecule has 0 fully saturated rings. The van der Waals surface area contributed by atoms with Crippen LogP contribution in [0.5, 0.6) is 0 Å². The summed E-state index contributed by atoms with van der Waals surface area (Å²) in [6.45, 7) is 11.5. The van der Waals surface area contributed by atoms with Gasteiger partial charge in [-0.1, -0.05) is 43.0 Å². The van der Waals surface area contributed by atoms with Gasteiger partial charge in [-0.3, -0.25) is 0 Å². The van der Waals surface area contributed by atoms with Gasteiger partial charge in [-0.2, -0.15) is 0 Å². The first-order valence-corrected chi connectivity index (χ1v) is 3.32. The smallest absolute Gasteiger partial charge is 0.0305 e. The Hall–Kier alpha value is -1.04. The highest BCUT2D eigenvalue weighted by Crippen LogP contribution is 2.04. The molecule has 0 aromatic heterocycles. The molecular formula is C10H14. The second kappa shape index (κ2) is 4.80. The lowest BCUT2D eigenvalue weighted by molar-refractivity contribution is 1.47. The maximum absolute atomic E-state index is 3.81. The minimum Gasteiger partial charge on any atom is -0.0955 e. The van der Waals surface area contributed by atoms with E-state index >= 15 is 0 Å². The van der Waals surface area contributed by atoms with E-state index in [1.807, 2.05) is 38.2 Å². The summed E-state index contributed by atoms with van der Waals surface area (Å²) in [4.78, 5) is 0. The molecule has 0 heterocycles. The van der Waals surface area contributed by atoms with E-state index in [-0.39, 0.29) is 0 Å². The van der Waals surface area contributed by atoms with Gasteiger partial charge in [-0.05, 0) is 19.4 Å². The third-order valence-electron chi connectivity index (χ3n) is 1.15. The average molecular weight is 134 g/mol. The first kappa shape index (κ1) is 8.96. The Morgan fingerprint density at radius 1 is 1.20 bits per heavy atom. The van der Waals surface area contributed by atoms with E-state index in [4.69, 9.17) is 0 Å². The molecule has 54 valence electrons. The number of allylic oxidation sites excluding steroid dienone is 6. The van der Waals surface area contributed by atoms with Crippen molar-refractivity contribution in [2.24, 2.45) is 0 Å². The largest absolute Gasteiger partial charge is 0.0955 e. The van der Waals surface area contributed by atoms with Gasteiger partial charge in [0, 0.05) is 0 Å². The maximum atomic E-state index is 3.81. The van der Waals surface area contributed by atoms with Crippen LogP contribution in [0.15, 0.2) is 48.6 Å². The third-order valence-corrected chi connectivity index (χ3v) is 1.15. The van der Waals surface area contributed by atoms with Crippen molar-refractivity contribution < 1.29 is 0 Å². The van der Waals surface area contributed by atoms with E-state index in [9.17, 15) is 0 Å². The zero-order valence-corrected chi connectivity index (χ0v) is 6.72. The molecule has 0 unspecified atom stereocenters. The predicted molar refractivity (Wildman–Crippen MR) is 47.9 cm³/mol. The van der Waals surface area contributed by atoms with Crippen molar-refractivity contribution in [1.82, 2.24) is 0 Å². The quantitative estimate of drug-likeness (QED) is 0.520. The molecule has 0 N–H and O–H groups in total. The van der Waals surface area contributed by atoms with Gasteiger partial charge in [0.25, 0.3) is 0 Å². The molecule has 0 saturated carbocycles. The number of hydrogen-bond donors (Lipinski definition) is 0. The minimum absolute atomic E-state index is 0.984. The molecule has 0 aliphatic heterocycles. The van der Waals surface area contributed by atoms with Gasteiger partial charge in [0.05, 0.1) is 0 Å². The Morgan fingerprint density at radius 3 is 2.20 bits per heavy atom. The van der Waals surface area contributed by atoms with Gasteiger partial charge < -0.3 is 0 Å². The van der Waals surface area contributed by atoms with Gasteiger partial charge in [0.2, 0.25) is 0 Å². The number of rotatable bonds is 3. The molecule has 0 aliphatic carbocycles. The Balaban J connectivity index is 3.90. The monoisotopic (exact) mass is 134 g/mol. The summed E-state index contributed by atoms with van der Waals surface area (Å²) in [5.74, 6) is 0. The summed E-state index contributed by atoms with van der Waals surface area (Å²) < 4.78 is 0. The molecule has 0 nitrogen and oxygen atoms in total. The first-order valence-electron chi connectivity index (χ1n) is 3.32. The summed E-state index contributed by atoms with van der Waals surface area (Å²) >= 11 is 0. The van der Waals surface area contributed by atoms with Gasteiger partial charge in [-0.15, -0.1) is 0 Å². The molecule has 0 aromatic rings. The fourth-order valence-electron chi connectivity index (χ4n) is 0.425. The zero-order valence-electron chi connectivity index (χ0n) is 6.72. The second-order valence-corrected chi connectivity index (χ2v) is 2.19. The molecule has 0 aromatic carbocycles. The Kier molecular flexibility index (Phi) is 4.30. The van der Waals surface area contributed by atoms with Crippen LogP contribution in [0.2, 0.25) is 0 Å². The zero-order chi connectivity index (χ0) is 7.98. The average Bonchev–Trinajstić information content (AvgIpc) is 1.88. The van der Waals surface area contributed by atoms with E-state index in [0.717, 1.165) is 11.1 Å². The van der Waals surface area contributed by atoms with Crippen molar-refractivity contribution in [2.45, 2.75) is 13.8 Å². The fourth-order valence-corrected chi connectivity index (χ4v) is 0.425. The van der Waals surface area contributed by atoms with Crippen molar-refractivity contribution in [3.05, 3.63) is 48.6 Å². The van der Waals surface area contributed by atoms with Crippen LogP contribution in [0.1, 0.15) is 13.8 Å². The lowest BCUT2D eigenvalue weighted by atomic mass is 10.1. The molecule has 0 rings (SSSR count). The van der Waals surface area contributed by atoms with Gasteiger partial charge in [0.1, 0.15) is 0 Å². The van der Waals surface area contributed by atoms with E-state index < -0.39 is 0 Å². The normalized spacial score (nSPS) is 11.0. The Labute approximate surface area is 63.3 Å². The predicted octanol–water partition coefficient (Wildman–Crippen LogP) is 3.25. The molecule has 0 bridgehead atoms. The SMILES string of the molecule is C=C(C)C(=C)/C=C\C=C\C. The molecule has 0 spiro atoms. The third kappa shape index (κ3) is 3.90. The summed E-state index contributed by atoms with van der Waals surface area (Å²) in [5.41, 5.74) is 2.00. The molecule has 0 saturated heterocycles. The summed E-state index contributed by atoms with van der Waals surface area (Å²) in [6, 6.07) is 0. The van der Waals surface area contributed by atoms with Crippen LogP contribution in [0.3, 0.4) is 0 Å². The van der Waals surface area contributed by atoms with Crippen molar-refractivity contribution in [1.29, 1.82) is 0 Å². The van der Waals surface area contributed by atoms with E-state index in [2.05, 4.69) is 13.2 Å². The Morgan fingerprint density at radius 2 is 1.80 bits per heavy atom. The number of hydrogen-bond acceptors (Lipinski definition) is 0. The fraction of sp³-hybridized carbons (Fsp3) is 0.200. The van der Waals surface area contributed by atoms with Crippen molar-refractivity contribution >= 4 is 0 Å². The van der Waals surface area contributed by atoms with Crippen LogP contribution >= 0.6 is 0 Å². The molecule has 10 heavy (non-hydrogen) atoms. The van der Waals surface area contributed by atoms with E-state index in [1.54, 1.807) is 0 Å². The van der Waals surface area contributed by atoms with Gasteiger partial charge in [-0.25, -0.2) is 0 Å². The highest BCUT2D eigenvalue weighted by Gasteiger charge is 1.83. The van der Waals surface area contributed by atoms with E-state index in [1.165, 1.54) is 0 Å². The van der Waals surface area contributed by atoms with Crippen molar-refractivity contribution in [3.8, 4) is 0 Å². The van der Waals surface area contributed by atoms with Crippen LogP contribution < -0.4 is 0 Å². The first-order chi connectivity index (χ1) is 4.68. The Bertz CT molecular complexity index is 180. The highest BCUT2D eigenvalue weighted by atomic mass is 13.9. The molecule has 0 aliphatic rings. The van der Waals surface area contributed by atoms with Crippen LogP contribution in [0.4, 0.5) is 0 Å². The standard InChI is InChI=1S/C10H14/c1-5-6-7-8-10(4)9(2)3/h5-8H,2,4H2,1,3H3/b6-5+,8-7-. The molecular weight excluding hydrogens is 120 g/mol. The van der Waals surface area contributed by atoms with Crippen LogP contribution in [-0.2, 0) is 0 Å². The lowest BCUT2D eigenvalue weighted by Gasteiger charge is -1.93. The van der Waals surface area contributed by atoms with Crippen molar-refractivity contribution in [2.75, 3.05) is 0 Å². The molecule has 0 atom stereocenters. The van der Waals surface area contributed by atoms with Crippen LogP contribution in [0.25, 0.3) is 0 Å². The molecule has 0 heteroatoms. The van der Waals surface area contributed by atoms with Crippen molar-refractivity contribution in [3.63, 3.8) is 0 Å². The molecule has 0 radical (unpaired) electrons. The minimum atomic E-state index is 0.984. The van der Waals surface area contributed by atoms with E-state index in [0.29, 0.717) is 0 Å². The van der Waals surface area contributed by atoms with Gasteiger partial charge in [0.15, 0.2) is 0 Å².